The molecule has 6 heteroatoms. The lowest BCUT2D eigenvalue weighted by atomic mass is 9.74. The molecule has 148 valence electrons. The first-order valence-electron chi connectivity index (χ1n) is 9.90. The number of aliphatic hydroxyl groups is 1. The van der Waals surface area contributed by atoms with Crippen LogP contribution in [0.4, 0.5) is 10.5 Å². The van der Waals surface area contributed by atoms with Gasteiger partial charge in [-0.1, -0.05) is 46.3 Å². The van der Waals surface area contributed by atoms with Gasteiger partial charge >= 0.3 is 6.03 Å². The zero-order valence-electron chi connectivity index (χ0n) is 15.8. The molecule has 0 spiro atoms. The first-order chi connectivity index (χ1) is 13.7. The minimum Gasteiger partial charge on any atom is -0.395 e. The molecule has 2 aliphatic rings. The van der Waals surface area contributed by atoms with Crippen molar-refractivity contribution < 1.29 is 9.90 Å². The summed E-state index contributed by atoms with van der Waals surface area (Å²) in [6.45, 7) is 2.57. The molecule has 2 N–H and O–H groups in total. The van der Waals surface area contributed by atoms with E-state index in [1.165, 1.54) is 5.56 Å². The third kappa shape index (κ3) is 3.95. The number of para-hydroxylation sites is 1. The molecule has 0 radical (unpaired) electrons. The lowest BCUT2D eigenvalue weighted by molar-refractivity contribution is -0.0585. The number of aliphatic hydroxyl groups excluding tert-OH is 1. The lowest BCUT2D eigenvalue weighted by Crippen LogP contribution is -2.68. The number of fused-ring (bicyclic) bond motifs is 1. The van der Waals surface area contributed by atoms with Crippen molar-refractivity contribution in [3.63, 3.8) is 0 Å². The maximum atomic E-state index is 12.9. The summed E-state index contributed by atoms with van der Waals surface area (Å²) in [5.41, 5.74) is 2.05. The minimum atomic E-state index is -0.0462. The van der Waals surface area contributed by atoms with Crippen LogP contribution in [0.5, 0.6) is 0 Å². The summed E-state index contributed by atoms with van der Waals surface area (Å²) < 4.78 is 1.05. The molecule has 2 saturated heterocycles. The second-order valence-corrected chi connectivity index (χ2v) is 8.50. The van der Waals surface area contributed by atoms with Gasteiger partial charge in [-0.2, -0.15) is 0 Å². The van der Waals surface area contributed by atoms with Crippen molar-refractivity contribution in [2.24, 2.45) is 0 Å². The van der Waals surface area contributed by atoms with Crippen LogP contribution in [0.1, 0.15) is 24.3 Å². The maximum absolute atomic E-state index is 12.9. The Bertz CT molecular complexity index is 799. The van der Waals surface area contributed by atoms with Gasteiger partial charge in [-0.05, 0) is 49.2 Å². The molecule has 2 aromatic rings. The molecule has 4 rings (SSSR count). The van der Waals surface area contributed by atoms with Gasteiger partial charge in [0.15, 0.2) is 0 Å². The minimum absolute atomic E-state index is 0.0462. The van der Waals surface area contributed by atoms with Crippen molar-refractivity contribution in [2.45, 2.75) is 30.8 Å². The van der Waals surface area contributed by atoms with E-state index in [2.05, 4.69) is 50.4 Å². The average Bonchev–Trinajstić information content (AvgIpc) is 2.69. The molecule has 2 amide bonds. The monoisotopic (exact) mass is 443 g/mol. The predicted molar refractivity (Wildman–Crippen MR) is 115 cm³/mol. The van der Waals surface area contributed by atoms with E-state index in [4.69, 9.17) is 0 Å². The van der Waals surface area contributed by atoms with E-state index in [-0.39, 0.29) is 30.6 Å². The first kappa shape index (κ1) is 19.4. The number of anilines is 1. The van der Waals surface area contributed by atoms with E-state index in [0.29, 0.717) is 6.54 Å². The summed E-state index contributed by atoms with van der Waals surface area (Å²) in [5.74, 6) is 0.239. The van der Waals surface area contributed by atoms with Crippen LogP contribution in [0.15, 0.2) is 59.1 Å². The molecule has 2 fully saturated rings. The summed E-state index contributed by atoms with van der Waals surface area (Å²) in [7, 11) is 0. The second kappa shape index (κ2) is 8.64. The van der Waals surface area contributed by atoms with Crippen LogP contribution in [0.2, 0.25) is 0 Å². The highest BCUT2D eigenvalue weighted by molar-refractivity contribution is 9.10. The van der Waals surface area contributed by atoms with Crippen LogP contribution >= 0.6 is 15.9 Å². The molecule has 2 heterocycles. The third-order valence-corrected chi connectivity index (χ3v) is 6.47. The van der Waals surface area contributed by atoms with Crippen LogP contribution in [-0.2, 0) is 0 Å². The fourth-order valence-electron chi connectivity index (χ4n) is 4.53. The Morgan fingerprint density at radius 3 is 2.50 bits per heavy atom. The van der Waals surface area contributed by atoms with Gasteiger partial charge in [0.25, 0.3) is 0 Å². The van der Waals surface area contributed by atoms with Gasteiger partial charge in [0.05, 0.1) is 6.61 Å². The average molecular weight is 444 g/mol. The maximum Gasteiger partial charge on any atom is 0.321 e. The molecule has 3 atom stereocenters. The van der Waals surface area contributed by atoms with Gasteiger partial charge in [0.2, 0.25) is 0 Å². The molecular formula is C22H26BrN3O2. The van der Waals surface area contributed by atoms with E-state index in [1.54, 1.807) is 0 Å². The third-order valence-electron chi connectivity index (χ3n) is 5.94. The largest absolute Gasteiger partial charge is 0.395 e. The summed E-state index contributed by atoms with van der Waals surface area (Å²) in [4.78, 5) is 17.2. The molecule has 0 bridgehead atoms. The van der Waals surface area contributed by atoms with Crippen molar-refractivity contribution in [2.75, 3.05) is 31.6 Å². The molecule has 28 heavy (non-hydrogen) atoms. The number of urea groups is 1. The Hall–Kier alpha value is -1.89. The topological polar surface area (TPSA) is 55.8 Å². The smallest absolute Gasteiger partial charge is 0.321 e. The number of benzene rings is 2. The molecule has 0 aromatic heterocycles. The highest BCUT2D eigenvalue weighted by Crippen LogP contribution is 2.42. The Morgan fingerprint density at radius 1 is 1.07 bits per heavy atom. The van der Waals surface area contributed by atoms with E-state index >= 15 is 0 Å². The number of halogens is 1. The molecule has 2 aliphatic heterocycles. The Labute approximate surface area is 174 Å². The van der Waals surface area contributed by atoms with E-state index in [1.807, 2.05) is 35.2 Å². The molecule has 5 nitrogen and oxygen atoms in total. The number of carbonyl (C=O) groups is 1. The molecular weight excluding hydrogens is 418 g/mol. The number of nitrogens with zero attached hydrogens (tertiary/aromatic N) is 2. The normalized spacial score (nSPS) is 25.2. The number of hydrogen-bond donors (Lipinski definition) is 2. The summed E-state index contributed by atoms with van der Waals surface area (Å²) in [6, 6.07) is 18.3. The van der Waals surface area contributed by atoms with Gasteiger partial charge < -0.3 is 15.3 Å². The highest BCUT2D eigenvalue weighted by Gasteiger charge is 2.49. The number of carbonyl (C=O) groups excluding carboxylic acids is 1. The van der Waals surface area contributed by atoms with E-state index < -0.39 is 0 Å². The number of amides is 2. The van der Waals surface area contributed by atoms with Crippen LogP contribution in [0, 0.1) is 0 Å². The molecule has 0 aliphatic carbocycles. The van der Waals surface area contributed by atoms with Crippen LogP contribution < -0.4 is 5.32 Å². The van der Waals surface area contributed by atoms with Crippen LogP contribution in [-0.4, -0.2) is 59.3 Å². The Kier molecular flexibility index (Phi) is 5.99. The lowest BCUT2D eigenvalue weighted by Gasteiger charge is -2.57. The SMILES string of the molecule is O=C(Nc1ccccc1)N1CCCCN2[C@H](CO)[C@H](c3ccc(Br)cc3)[C@H]2C1. The molecule has 0 unspecified atom stereocenters. The quantitative estimate of drug-likeness (QED) is 0.755. The van der Waals surface area contributed by atoms with Crippen LogP contribution in [0.25, 0.3) is 0 Å². The van der Waals surface area contributed by atoms with Gasteiger partial charge in [0.1, 0.15) is 0 Å². The second-order valence-electron chi connectivity index (χ2n) is 7.58. The molecule has 2 aromatic carbocycles. The van der Waals surface area contributed by atoms with Crippen molar-refractivity contribution in [1.29, 1.82) is 0 Å². The number of rotatable bonds is 3. The van der Waals surface area contributed by atoms with Gasteiger partial charge in [-0.15, -0.1) is 0 Å². The van der Waals surface area contributed by atoms with Crippen molar-refractivity contribution in [3.05, 3.63) is 64.6 Å². The van der Waals surface area contributed by atoms with E-state index in [0.717, 1.165) is 36.1 Å². The summed E-state index contributed by atoms with van der Waals surface area (Å²) in [5, 5.41) is 13.0. The molecule has 0 saturated carbocycles. The van der Waals surface area contributed by atoms with Crippen molar-refractivity contribution >= 4 is 27.6 Å². The zero-order chi connectivity index (χ0) is 19.5. The zero-order valence-corrected chi connectivity index (χ0v) is 17.4. The Balaban J connectivity index is 1.52. The predicted octanol–water partition coefficient (Wildman–Crippen LogP) is 3.91. The number of nitrogens with one attached hydrogen (secondary N) is 1. The highest BCUT2D eigenvalue weighted by atomic mass is 79.9. The van der Waals surface area contributed by atoms with Crippen molar-refractivity contribution in [3.8, 4) is 0 Å². The van der Waals surface area contributed by atoms with Crippen molar-refractivity contribution in [1.82, 2.24) is 9.80 Å². The van der Waals surface area contributed by atoms with Crippen LogP contribution in [0.3, 0.4) is 0 Å². The fraction of sp³-hybridized carbons (Fsp3) is 0.409. The first-order valence-corrected chi connectivity index (χ1v) is 10.7. The Morgan fingerprint density at radius 2 is 1.79 bits per heavy atom. The number of hydrogen-bond acceptors (Lipinski definition) is 3. The summed E-state index contributed by atoms with van der Waals surface area (Å²) >= 11 is 3.50. The standard InChI is InChI=1S/C22H26BrN3O2/c23-17-10-8-16(9-11-17)21-19-14-25(12-4-5-13-26(19)20(21)15-27)22(28)24-18-6-2-1-3-7-18/h1-3,6-11,19-21,27H,4-5,12-15H2,(H,24,28)/t19-,20-,21-/m1/s1. The van der Waals surface area contributed by atoms with Gasteiger partial charge in [-0.3, -0.25) is 4.90 Å². The van der Waals surface area contributed by atoms with Gasteiger partial charge in [-0.25, -0.2) is 4.79 Å². The summed E-state index contributed by atoms with van der Waals surface area (Å²) in [6.07, 6.45) is 2.02. The van der Waals surface area contributed by atoms with Gasteiger partial charge in [0, 0.05) is 41.3 Å². The fourth-order valence-corrected chi connectivity index (χ4v) is 4.80. The van der Waals surface area contributed by atoms with E-state index in [9.17, 15) is 9.90 Å².